The van der Waals surface area contributed by atoms with Gasteiger partial charge in [0.25, 0.3) is 0 Å². The number of anilines is 1. The fraction of sp³-hybridized carbons (Fsp3) is 0.409. The number of nitrogens with zero attached hydrogens (tertiary/aromatic N) is 2. The molecule has 0 atom stereocenters. The lowest BCUT2D eigenvalue weighted by Crippen LogP contribution is -2.34. The van der Waals surface area contributed by atoms with Crippen LogP contribution in [-0.2, 0) is 0 Å². The summed E-state index contributed by atoms with van der Waals surface area (Å²) in [5.41, 5.74) is 7.91. The molecule has 1 saturated heterocycles. The van der Waals surface area contributed by atoms with Crippen LogP contribution in [0.25, 0.3) is 11.0 Å². The van der Waals surface area contributed by atoms with E-state index in [2.05, 4.69) is 10.1 Å². The highest BCUT2D eigenvalue weighted by molar-refractivity contribution is 5.79. The first-order valence-electron chi connectivity index (χ1n) is 9.97. The van der Waals surface area contributed by atoms with Crippen LogP contribution in [0.5, 0.6) is 11.5 Å². The highest BCUT2D eigenvalue weighted by Crippen LogP contribution is 2.33. The molecule has 1 aromatic heterocycles. The maximum atomic E-state index is 13.3. The van der Waals surface area contributed by atoms with E-state index in [0.717, 1.165) is 55.7 Å². The van der Waals surface area contributed by atoms with Crippen molar-refractivity contribution in [3.05, 3.63) is 47.9 Å². The molecule has 3 aromatic rings. The van der Waals surface area contributed by atoms with E-state index in [0.29, 0.717) is 29.5 Å². The lowest BCUT2D eigenvalue weighted by Gasteiger charge is -2.31. The molecule has 29 heavy (non-hydrogen) atoms. The van der Waals surface area contributed by atoms with E-state index >= 15 is 0 Å². The molecule has 154 valence electrons. The zero-order chi connectivity index (χ0) is 20.2. The number of piperidine rings is 1. The number of methoxy groups -OCH3 is 1. The molecule has 2 aromatic carbocycles. The summed E-state index contributed by atoms with van der Waals surface area (Å²) < 4.78 is 29.8. The Morgan fingerprint density at radius 1 is 1.17 bits per heavy atom. The molecule has 2 heterocycles. The third-order valence-electron chi connectivity index (χ3n) is 5.50. The minimum atomic E-state index is -0.297. The molecule has 0 amide bonds. The van der Waals surface area contributed by atoms with Gasteiger partial charge in [0.05, 0.1) is 19.4 Å². The summed E-state index contributed by atoms with van der Waals surface area (Å²) in [7, 11) is 1.61. The van der Waals surface area contributed by atoms with E-state index in [1.807, 2.05) is 12.1 Å². The van der Waals surface area contributed by atoms with Crippen LogP contribution in [-0.4, -0.2) is 43.4 Å². The zero-order valence-electron chi connectivity index (χ0n) is 16.6. The van der Waals surface area contributed by atoms with E-state index < -0.39 is 0 Å². The predicted molar refractivity (Wildman–Crippen MR) is 110 cm³/mol. The Hall–Kier alpha value is -2.80. The number of likely N-dealkylation sites (tertiary alicyclic amines) is 1. The van der Waals surface area contributed by atoms with Crippen LogP contribution < -0.4 is 15.2 Å². The SMILES string of the molecule is COc1cc(N)ccc1OCCCN1CCC(c2noc3cc(F)ccc23)CC1. The van der Waals surface area contributed by atoms with Gasteiger partial charge in [-0.3, -0.25) is 0 Å². The Morgan fingerprint density at radius 2 is 2.00 bits per heavy atom. The molecule has 0 saturated carbocycles. The number of nitrogen functional groups attached to an aromatic ring is 1. The van der Waals surface area contributed by atoms with Crippen molar-refractivity contribution < 1.29 is 18.4 Å². The minimum absolute atomic E-state index is 0.297. The van der Waals surface area contributed by atoms with E-state index in [1.54, 1.807) is 19.2 Å². The first kappa shape index (κ1) is 19.5. The van der Waals surface area contributed by atoms with Crippen LogP contribution in [0.3, 0.4) is 0 Å². The third kappa shape index (κ3) is 4.45. The van der Waals surface area contributed by atoms with Gasteiger partial charge in [-0.05, 0) is 56.6 Å². The van der Waals surface area contributed by atoms with Crippen molar-refractivity contribution in [2.24, 2.45) is 0 Å². The number of hydrogen-bond donors (Lipinski definition) is 1. The highest BCUT2D eigenvalue weighted by atomic mass is 19.1. The molecule has 2 N–H and O–H groups in total. The second-order valence-electron chi connectivity index (χ2n) is 7.44. The Labute approximate surface area is 169 Å². The van der Waals surface area contributed by atoms with Crippen LogP contribution in [0, 0.1) is 5.82 Å². The van der Waals surface area contributed by atoms with Crippen LogP contribution >= 0.6 is 0 Å². The van der Waals surface area contributed by atoms with Crippen molar-refractivity contribution in [1.29, 1.82) is 0 Å². The average Bonchev–Trinajstić information content (AvgIpc) is 3.15. The van der Waals surface area contributed by atoms with Crippen molar-refractivity contribution in [2.75, 3.05) is 39.1 Å². The van der Waals surface area contributed by atoms with Gasteiger partial charge in [0.2, 0.25) is 0 Å². The van der Waals surface area contributed by atoms with Crippen LogP contribution in [0.15, 0.2) is 40.9 Å². The summed E-state index contributed by atoms with van der Waals surface area (Å²) >= 11 is 0. The lowest BCUT2D eigenvalue weighted by atomic mass is 9.91. The molecule has 1 aliphatic rings. The van der Waals surface area contributed by atoms with Gasteiger partial charge < -0.3 is 24.6 Å². The van der Waals surface area contributed by atoms with E-state index in [9.17, 15) is 4.39 Å². The van der Waals surface area contributed by atoms with Crippen molar-refractivity contribution in [3.63, 3.8) is 0 Å². The van der Waals surface area contributed by atoms with E-state index in [1.165, 1.54) is 12.1 Å². The van der Waals surface area contributed by atoms with E-state index in [4.69, 9.17) is 19.7 Å². The number of rotatable bonds is 7. The van der Waals surface area contributed by atoms with Crippen molar-refractivity contribution in [2.45, 2.75) is 25.2 Å². The van der Waals surface area contributed by atoms with Gasteiger partial charge in [-0.15, -0.1) is 0 Å². The Balaban J connectivity index is 1.24. The Bertz CT molecular complexity index is 967. The van der Waals surface area contributed by atoms with Crippen molar-refractivity contribution in [1.82, 2.24) is 10.1 Å². The molecule has 0 aliphatic carbocycles. The number of benzene rings is 2. The van der Waals surface area contributed by atoms with Gasteiger partial charge in [0, 0.05) is 35.7 Å². The summed E-state index contributed by atoms with van der Waals surface area (Å²) in [6.45, 7) is 3.62. The molecule has 0 radical (unpaired) electrons. The van der Waals surface area contributed by atoms with Gasteiger partial charge in [-0.25, -0.2) is 4.39 Å². The molecular formula is C22H26FN3O3. The molecule has 1 fully saturated rings. The van der Waals surface area contributed by atoms with Gasteiger partial charge >= 0.3 is 0 Å². The Morgan fingerprint density at radius 3 is 2.79 bits per heavy atom. The smallest absolute Gasteiger partial charge is 0.170 e. The van der Waals surface area contributed by atoms with Crippen LogP contribution in [0.4, 0.5) is 10.1 Å². The standard InChI is InChI=1S/C22H26FN3O3/c1-27-21-14-17(24)4-6-19(21)28-12-2-9-26-10-7-15(8-11-26)22-18-5-3-16(23)13-20(18)29-25-22/h3-6,13-15H,2,7-12,24H2,1H3. The number of ether oxygens (including phenoxy) is 2. The fourth-order valence-electron chi connectivity index (χ4n) is 3.93. The third-order valence-corrected chi connectivity index (χ3v) is 5.50. The van der Waals surface area contributed by atoms with Crippen LogP contribution in [0.1, 0.15) is 30.9 Å². The molecule has 0 unspecified atom stereocenters. The number of hydrogen-bond acceptors (Lipinski definition) is 6. The fourth-order valence-corrected chi connectivity index (χ4v) is 3.93. The molecule has 1 aliphatic heterocycles. The summed E-state index contributed by atoms with van der Waals surface area (Å²) in [5, 5.41) is 5.14. The highest BCUT2D eigenvalue weighted by Gasteiger charge is 2.25. The summed E-state index contributed by atoms with van der Waals surface area (Å²) in [5.74, 6) is 1.43. The van der Waals surface area contributed by atoms with Gasteiger partial charge in [0.1, 0.15) is 5.82 Å². The number of halogens is 1. The van der Waals surface area contributed by atoms with Crippen molar-refractivity contribution in [3.8, 4) is 11.5 Å². The number of fused-ring (bicyclic) bond motifs is 1. The normalized spacial score (nSPS) is 15.7. The summed E-state index contributed by atoms with van der Waals surface area (Å²) in [4.78, 5) is 2.45. The largest absolute Gasteiger partial charge is 0.493 e. The zero-order valence-corrected chi connectivity index (χ0v) is 16.6. The van der Waals surface area contributed by atoms with Gasteiger partial charge in [0.15, 0.2) is 17.1 Å². The molecular weight excluding hydrogens is 373 g/mol. The predicted octanol–water partition coefficient (Wildman–Crippen LogP) is 4.21. The Kier molecular flexibility index (Phi) is 5.85. The average molecular weight is 399 g/mol. The van der Waals surface area contributed by atoms with Crippen molar-refractivity contribution >= 4 is 16.7 Å². The lowest BCUT2D eigenvalue weighted by molar-refractivity contribution is 0.189. The minimum Gasteiger partial charge on any atom is -0.493 e. The molecule has 0 spiro atoms. The maximum Gasteiger partial charge on any atom is 0.170 e. The molecule has 0 bridgehead atoms. The first-order valence-corrected chi connectivity index (χ1v) is 9.97. The van der Waals surface area contributed by atoms with Crippen LogP contribution in [0.2, 0.25) is 0 Å². The quantitative estimate of drug-likeness (QED) is 0.474. The molecule has 4 rings (SSSR count). The number of nitrogens with two attached hydrogens (primary N) is 1. The topological polar surface area (TPSA) is 73.8 Å². The summed E-state index contributed by atoms with van der Waals surface area (Å²) in [6.07, 6.45) is 2.97. The second kappa shape index (κ2) is 8.69. The monoisotopic (exact) mass is 399 g/mol. The van der Waals surface area contributed by atoms with Gasteiger partial charge in [-0.1, -0.05) is 5.16 Å². The molecule has 6 nitrogen and oxygen atoms in total. The van der Waals surface area contributed by atoms with E-state index in [-0.39, 0.29) is 5.82 Å². The maximum absolute atomic E-state index is 13.3. The second-order valence-corrected chi connectivity index (χ2v) is 7.44. The van der Waals surface area contributed by atoms with Gasteiger partial charge in [-0.2, -0.15) is 0 Å². The molecule has 7 heteroatoms. The summed E-state index contributed by atoms with van der Waals surface area (Å²) in [6, 6.07) is 10.1. The first-order chi connectivity index (χ1) is 14.1. The number of aromatic nitrogens is 1.